The number of hydrogen-bond acceptors (Lipinski definition) is 3. The van der Waals surface area contributed by atoms with Crippen molar-refractivity contribution < 1.29 is 14.0 Å². The molecule has 5 heteroatoms. The maximum Gasteiger partial charge on any atom is 0.321 e. The summed E-state index contributed by atoms with van der Waals surface area (Å²) >= 11 is 0. The first-order valence-electron chi connectivity index (χ1n) is 4.72. The van der Waals surface area contributed by atoms with E-state index in [1.807, 2.05) is 13.8 Å². The Kier molecular flexibility index (Phi) is 3.91. The summed E-state index contributed by atoms with van der Waals surface area (Å²) in [5.41, 5.74) is 0. The van der Waals surface area contributed by atoms with Crippen molar-refractivity contribution in [2.45, 2.75) is 13.8 Å². The molecule has 0 aromatic carbocycles. The molecule has 3 amide bonds. The standard InChI is InChI=1S/C10H14N2O3/c1-7(2)6-11-10(14)12-9(13)8-4-3-5-15-8/h3-5,7H,6H2,1-2H3,(H2,11,12,13,14). The predicted molar refractivity (Wildman–Crippen MR) is 54.4 cm³/mol. The van der Waals surface area contributed by atoms with Crippen molar-refractivity contribution in [2.24, 2.45) is 5.92 Å². The molecule has 0 saturated carbocycles. The van der Waals surface area contributed by atoms with Gasteiger partial charge in [-0.1, -0.05) is 13.8 Å². The number of carbonyl (C=O) groups is 2. The Morgan fingerprint density at radius 3 is 2.73 bits per heavy atom. The second-order valence-corrected chi connectivity index (χ2v) is 3.54. The van der Waals surface area contributed by atoms with Gasteiger partial charge in [-0.15, -0.1) is 0 Å². The van der Waals surface area contributed by atoms with E-state index in [4.69, 9.17) is 4.42 Å². The van der Waals surface area contributed by atoms with E-state index < -0.39 is 11.9 Å². The molecule has 0 aliphatic carbocycles. The number of carbonyl (C=O) groups excluding carboxylic acids is 2. The van der Waals surface area contributed by atoms with Gasteiger partial charge in [0.2, 0.25) is 0 Å². The number of hydrogen-bond donors (Lipinski definition) is 2. The summed E-state index contributed by atoms with van der Waals surface area (Å²) in [7, 11) is 0. The van der Waals surface area contributed by atoms with E-state index >= 15 is 0 Å². The zero-order chi connectivity index (χ0) is 11.3. The molecule has 2 N–H and O–H groups in total. The highest BCUT2D eigenvalue weighted by Gasteiger charge is 2.11. The van der Waals surface area contributed by atoms with Crippen LogP contribution in [0.1, 0.15) is 24.4 Å². The zero-order valence-electron chi connectivity index (χ0n) is 8.74. The average molecular weight is 210 g/mol. The molecule has 0 fully saturated rings. The first-order valence-corrected chi connectivity index (χ1v) is 4.72. The van der Waals surface area contributed by atoms with Crippen LogP contribution in [0.2, 0.25) is 0 Å². The van der Waals surface area contributed by atoms with Crippen molar-refractivity contribution in [3.8, 4) is 0 Å². The van der Waals surface area contributed by atoms with Crippen LogP contribution in [0.5, 0.6) is 0 Å². The highest BCUT2D eigenvalue weighted by atomic mass is 16.3. The van der Waals surface area contributed by atoms with E-state index in [0.29, 0.717) is 12.5 Å². The van der Waals surface area contributed by atoms with E-state index in [2.05, 4.69) is 10.6 Å². The fraction of sp³-hybridized carbons (Fsp3) is 0.400. The Hall–Kier alpha value is -1.78. The summed E-state index contributed by atoms with van der Waals surface area (Å²) in [4.78, 5) is 22.5. The summed E-state index contributed by atoms with van der Waals surface area (Å²) < 4.78 is 4.83. The topological polar surface area (TPSA) is 71.3 Å². The summed E-state index contributed by atoms with van der Waals surface area (Å²) in [5, 5.41) is 4.72. The molecule has 0 atom stereocenters. The van der Waals surface area contributed by atoms with Crippen LogP contribution in [0.25, 0.3) is 0 Å². The third kappa shape index (κ3) is 3.84. The van der Waals surface area contributed by atoms with Gasteiger partial charge in [-0.25, -0.2) is 4.79 Å². The van der Waals surface area contributed by atoms with Gasteiger partial charge >= 0.3 is 6.03 Å². The Bertz CT molecular complexity index is 330. The molecular formula is C10H14N2O3. The molecule has 1 aromatic rings. The summed E-state index contributed by atoms with van der Waals surface area (Å²) in [5.74, 6) is -0.0783. The quantitative estimate of drug-likeness (QED) is 0.791. The number of furan rings is 1. The molecule has 5 nitrogen and oxygen atoms in total. The Balaban J connectivity index is 2.36. The van der Waals surface area contributed by atoms with Crippen LogP contribution in [-0.4, -0.2) is 18.5 Å². The van der Waals surface area contributed by atoms with E-state index in [-0.39, 0.29) is 5.76 Å². The van der Waals surface area contributed by atoms with Crippen LogP contribution in [0.3, 0.4) is 0 Å². The third-order valence-electron chi connectivity index (χ3n) is 1.64. The molecule has 1 heterocycles. The molecular weight excluding hydrogens is 196 g/mol. The molecule has 0 spiro atoms. The van der Waals surface area contributed by atoms with E-state index in [0.717, 1.165) is 0 Å². The third-order valence-corrected chi connectivity index (χ3v) is 1.64. The lowest BCUT2D eigenvalue weighted by Gasteiger charge is -2.07. The monoisotopic (exact) mass is 210 g/mol. The van der Waals surface area contributed by atoms with Crippen LogP contribution < -0.4 is 10.6 Å². The SMILES string of the molecule is CC(C)CNC(=O)NC(=O)c1ccco1. The van der Waals surface area contributed by atoms with Crippen molar-refractivity contribution in [3.63, 3.8) is 0 Å². The van der Waals surface area contributed by atoms with Crippen molar-refractivity contribution >= 4 is 11.9 Å². The highest BCUT2D eigenvalue weighted by molar-refractivity contribution is 6.02. The van der Waals surface area contributed by atoms with Crippen LogP contribution in [0, 0.1) is 5.92 Å². The van der Waals surface area contributed by atoms with Gasteiger partial charge in [0.1, 0.15) is 0 Å². The van der Waals surface area contributed by atoms with Gasteiger partial charge < -0.3 is 9.73 Å². The normalized spacial score (nSPS) is 10.1. The molecule has 0 radical (unpaired) electrons. The van der Waals surface area contributed by atoms with Crippen LogP contribution in [0.4, 0.5) is 4.79 Å². The minimum Gasteiger partial charge on any atom is -0.459 e. The second-order valence-electron chi connectivity index (χ2n) is 3.54. The lowest BCUT2D eigenvalue weighted by molar-refractivity contribution is 0.0936. The van der Waals surface area contributed by atoms with Crippen molar-refractivity contribution in [1.82, 2.24) is 10.6 Å². The maximum atomic E-state index is 11.3. The van der Waals surface area contributed by atoms with E-state index in [1.165, 1.54) is 12.3 Å². The highest BCUT2D eigenvalue weighted by Crippen LogP contribution is 1.98. The largest absolute Gasteiger partial charge is 0.459 e. The van der Waals surface area contributed by atoms with E-state index in [9.17, 15) is 9.59 Å². The van der Waals surface area contributed by atoms with Gasteiger partial charge in [-0.2, -0.15) is 0 Å². The smallest absolute Gasteiger partial charge is 0.321 e. The number of imide groups is 1. The van der Waals surface area contributed by atoms with Crippen LogP contribution >= 0.6 is 0 Å². The van der Waals surface area contributed by atoms with Gasteiger partial charge in [0.25, 0.3) is 5.91 Å². The molecule has 0 aliphatic heterocycles. The Morgan fingerprint density at radius 1 is 1.47 bits per heavy atom. The van der Waals surface area contributed by atoms with Gasteiger partial charge in [0.05, 0.1) is 6.26 Å². The first kappa shape index (κ1) is 11.3. The molecule has 0 aliphatic rings. The molecule has 0 unspecified atom stereocenters. The molecule has 1 rings (SSSR count). The predicted octanol–water partition coefficient (Wildman–Crippen LogP) is 1.37. The summed E-state index contributed by atoms with van der Waals surface area (Å²) in [6.45, 7) is 4.46. The fourth-order valence-electron chi connectivity index (χ4n) is 0.913. The molecule has 0 bridgehead atoms. The van der Waals surface area contributed by atoms with Gasteiger partial charge in [-0.05, 0) is 18.1 Å². The molecule has 0 saturated heterocycles. The fourth-order valence-corrected chi connectivity index (χ4v) is 0.913. The Labute approximate surface area is 87.8 Å². The molecule has 82 valence electrons. The maximum absolute atomic E-state index is 11.3. The number of nitrogens with one attached hydrogen (secondary N) is 2. The summed E-state index contributed by atoms with van der Waals surface area (Å²) in [6.07, 6.45) is 1.38. The van der Waals surface area contributed by atoms with Crippen LogP contribution in [-0.2, 0) is 0 Å². The minimum atomic E-state index is -0.541. The van der Waals surface area contributed by atoms with Gasteiger partial charge in [0, 0.05) is 6.54 Å². The molecule has 1 aromatic heterocycles. The van der Waals surface area contributed by atoms with Gasteiger partial charge in [0.15, 0.2) is 5.76 Å². The van der Waals surface area contributed by atoms with Crippen molar-refractivity contribution in [1.29, 1.82) is 0 Å². The minimum absolute atomic E-state index is 0.120. The van der Waals surface area contributed by atoms with Crippen molar-refractivity contribution in [3.05, 3.63) is 24.2 Å². The second kappa shape index (κ2) is 5.19. The van der Waals surface area contributed by atoms with Crippen LogP contribution in [0.15, 0.2) is 22.8 Å². The van der Waals surface area contributed by atoms with Gasteiger partial charge in [-0.3, -0.25) is 10.1 Å². The number of rotatable bonds is 3. The lowest BCUT2D eigenvalue weighted by atomic mass is 10.2. The lowest BCUT2D eigenvalue weighted by Crippen LogP contribution is -2.40. The number of amides is 3. The Morgan fingerprint density at radius 2 is 2.20 bits per heavy atom. The van der Waals surface area contributed by atoms with Crippen molar-refractivity contribution in [2.75, 3.05) is 6.54 Å². The molecule has 15 heavy (non-hydrogen) atoms. The average Bonchev–Trinajstić information content (AvgIpc) is 2.67. The zero-order valence-corrected chi connectivity index (χ0v) is 8.74. The first-order chi connectivity index (χ1) is 7.09. The summed E-state index contributed by atoms with van der Waals surface area (Å²) in [6, 6.07) is 2.57. The number of urea groups is 1. The van der Waals surface area contributed by atoms with E-state index in [1.54, 1.807) is 6.07 Å².